The zero-order valence-electron chi connectivity index (χ0n) is 11.1. The van der Waals surface area contributed by atoms with Gasteiger partial charge in [-0.3, -0.25) is 4.90 Å². The lowest BCUT2D eigenvalue weighted by Gasteiger charge is -2.18. The molecule has 1 atom stereocenters. The van der Waals surface area contributed by atoms with Gasteiger partial charge in [0, 0.05) is 13.1 Å². The minimum absolute atomic E-state index is 0.124. The molecule has 1 aromatic heterocycles. The van der Waals surface area contributed by atoms with Crippen LogP contribution in [0, 0.1) is 17.2 Å². The highest BCUT2D eigenvalue weighted by molar-refractivity contribution is 6.29. The van der Waals surface area contributed by atoms with E-state index in [1.165, 1.54) is 11.0 Å². The molecule has 0 spiro atoms. The van der Waals surface area contributed by atoms with Gasteiger partial charge in [-0.25, -0.2) is 4.98 Å². The van der Waals surface area contributed by atoms with Gasteiger partial charge >= 0.3 is 6.18 Å². The highest BCUT2D eigenvalue weighted by atomic mass is 35.5. The molecule has 0 saturated carbocycles. The van der Waals surface area contributed by atoms with Crippen molar-refractivity contribution in [3.63, 3.8) is 0 Å². The first kappa shape index (κ1) is 15.9. The normalized spacial score (nSPS) is 19.5. The standard InChI is InChI=1S/C13H14ClF3N4/c14-11-3-10(5-18)4-12(20-11)19-6-9-1-2-21(7-9)8-13(15,16)17/h3-4,9H,1-2,6-8H2,(H,19,20). The smallest absolute Gasteiger partial charge is 0.370 e. The summed E-state index contributed by atoms with van der Waals surface area (Å²) in [4.78, 5) is 5.43. The molecule has 114 valence electrons. The highest BCUT2D eigenvalue weighted by Gasteiger charge is 2.34. The van der Waals surface area contributed by atoms with Gasteiger partial charge in [0.05, 0.1) is 18.2 Å². The molecule has 0 radical (unpaired) electrons. The predicted molar refractivity (Wildman–Crippen MR) is 73.1 cm³/mol. The number of halogens is 4. The summed E-state index contributed by atoms with van der Waals surface area (Å²) < 4.78 is 36.9. The monoisotopic (exact) mass is 318 g/mol. The molecule has 2 rings (SSSR count). The van der Waals surface area contributed by atoms with Gasteiger partial charge in [0.15, 0.2) is 0 Å². The van der Waals surface area contributed by atoms with Crippen molar-refractivity contribution in [3.05, 3.63) is 22.8 Å². The van der Waals surface area contributed by atoms with Crippen molar-refractivity contribution in [2.75, 3.05) is 31.5 Å². The van der Waals surface area contributed by atoms with E-state index in [-0.39, 0.29) is 11.1 Å². The van der Waals surface area contributed by atoms with Gasteiger partial charge in [-0.1, -0.05) is 11.6 Å². The van der Waals surface area contributed by atoms with Crippen molar-refractivity contribution in [2.45, 2.75) is 12.6 Å². The molecule has 1 aliphatic rings. The molecule has 1 aromatic rings. The lowest BCUT2D eigenvalue weighted by atomic mass is 10.1. The Balaban J connectivity index is 1.85. The molecule has 0 bridgehead atoms. The summed E-state index contributed by atoms with van der Waals surface area (Å²) in [6.07, 6.45) is -3.45. The molecule has 4 nitrogen and oxygen atoms in total. The summed E-state index contributed by atoms with van der Waals surface area (Å²) in [5.74, 6) is 0.590. The van der Waals surface area contributed by atoms with E-state index in [2.05, 4.69) is 10.3 Å². The molecule has 21 heavy (non-hydrogen) atoms. The Kier molecular flexibility index (Phi) is 4.91. The van der Waals surface area contributed by atoms with Gasteiger partial charge in [-0.15, -0.1) is 0 Å². The largest absolute Gasteiger partial charge is 0.401 e. The number of hydrogen-bond acceptors (Lipinski definition) is 4. The van der Waals surface area contributed by atoms with Crippen LogP contribution < -0.4 is 5.32 Å². The highest BCUT2D eigenvalue weighted by Crippen LogP contribution is 2.23. The third-order valence-corrected chi connectivity index (χ3v) is 3.46. The summed E-state index contributed by atoms with van der Waals surface area (Å²) in [5, 5.41) is 12.1. The molecule has 2 heterocycles. The Labute approximate surface area is 125 Å². The van der Waals surface area contributed by atoms with E-state index < -0.39 is 12.7 Å². The van der Waals surface area contributed by atoms with E-state index >= 15 is 0 Å². The molecule has 0 aliphatic carbocycles. The minimum atomic E-state index is -4.15. The van der Waals surface area contributed by atoms with Crippen LogP contribution in [0.3, 0.4) is 0 Å². The van der Waals surface area contributed by atoms with Gasteiger partial charge < -0.3 is 5.32 Å². The van der Waals surface area contributed by atoms with Gasteiger partial charge in [0.1, 0.15) is 11.0 Å². The Morgan fingerprint density at radius 3 is 2.90 bits per heavy atom. The lowest BCUT2D eigenvalue weighted by Crippen LogP contribution is -2.33. The molecule has 0 amide bonds. The number of rotatable bonds is 4. The van der Waals surface area contributed by atoms with Crippen LogP contribution in [0.1, 0.15) is 12.0 Å². The van der Waals surface area contributed by atoms with E-state index in [4.69, 9.17) is 16.9 Å². The summed E-state index contributed by atoms with van der Waals surface area (Å²) >= 11 is 5.78. The van der Waals surface area contributed by atoms with Crippen molar-refractivity contribution < 1.29 is 13.2 Å². The van der Waals surface area contributed by atoms with Crippen LogP contribution in [0.2, 0.25) is 5.15 Å². The van der Waals surface area contributed by atoms with Gasteiger partial charge in [0.25, 0.3) is 0 Å². The van der Waals surface area contributed by atoms with Crippen molar-refractivity contribution in [1.29, 1.82) is 5.26 Å². The first-order chi connectivity index (χ1) is 9.85. The Morgan fingerprint density at radius 2 is 2.24 bits per heavy atom. The maximum Gasteiger partial charge on any atom is 0.401 e. The van der Waals surface area contributed by atoms with E-state index in [0.29, 0.717) is 37.4 Å². The van der Waals surface area contributed by atoms with Crippen LogP contribution >= 0.6 is 11.6 Å². The summed E-state index contributed by atoms with van der Waals surface area (Å²) in [6, 6.07) is 4.99. The molecule has 1 saturated heterocycles. The first-order valence-electron chi connectivity index (χ1n) is 6.46. The van der Waals surface area contributed by atoms with Gasteiger partial charge in [-0.2, -0.15) is 18.4 Å². The third kappa shape index (κ3) is 5.06. The zero-order chi connectivity index (χ0) is 15.5. The molecule has 1 N–H and O–H groups in total. The number of nitriles is 1. The fourth-order valence-corrected chi connectivity index (χ4v) is 2.59. The predicted octanol–water partition coefficient (Wildman–Crippen LogP) is 2.90. The van der Waals surface area contributed by atoms with Crippen molar-refractivity contribution >= 4 is 17.4 Å². The van der Waals surface area contributed by atoms with E-state index in [1.807, 2.05) is 6.07 Å². The number of nitrogens with one attached hydrogen (secondary N) is 1. The maximum atomic E-state index is 12.3. The number of nitrogens with zero attached hydrogens (tertiary/aromatic N) is 3. The van der Waals surface area contributed by atoms with Crippen molar-refractivity contribution in [2.24, 2.45) is 5.92 Å². The molecular formula is C13H14ClF3N4. The molecule has 8 heteroatoms. The number of hydrogen-bond donors (Lipinski definition) is 1. The summed E-state index contributed by atoms with van der Waals surface area (Å²) in [7, 11) is 0. The second-order valence-corrected chi connectivity index (χ2v) is 5.45. The van der Waals surface area contributed by atoms with Gasteiger partial charge in [-0.05, 0) is 31.0 Å². The van der Waals surface area contributed by atoms with Crippen LogP contribution in [-0.2, 0) is 0 Å². The fraction of sp³-hybridized carbons (Fsp3) is 0.538. The number of alkyl halides is 3. The van der Waals surface area contributed by atoms with Crippen LogP contribution in [0.5, 0.6) is 0 Å². The van der Waals surface area contributed by atoms with Gasteiger partial charge in [0.2, 0.25) is 0 Å². The average Bonchev–Trinajstić information content (AvgIpc) is 2.81. The summed E-state index contributed by atoms with van der Waals surface area (Å²) in [6.45, 7) is 0.487. The van der Waals surface area contributed by atoms with Crippen LogP contribution in [-0.4, -0.2) is 42.2 Å². The topological polar surface area (TPSA) is 52.0 Å². The molecular weight excluding hydrogens is 305 g/mol. The maximum absolute atomic E-state index is 12.3. The molecule has 1 aliphatic heterocycles. The minimum Gasteiger partial charge on any atom is -0.370 e. The van der Waals surface area contributed by atoms with Crippen molar-refractivity contribution in [3.8, 4) is 6.07 Å². The van der Waals surface area contributed by atoms with Crippen LogP contribution in [0.25, 0.3) is 0 Å². The quantitative estimate of drug-likeness (QED) is 0.867. The lowest BCUT2D eigenvalue weighted by molar-refractivity contribution is -0.143. The second kappa shape index (κ2) is 6.50. The van der Waals surface area contributed by atoms with E-state index in [9.17, 15) is 13.2 Å². The second-order valence-electron chi connectivity index (χ2n) is 5.06. The first-order valence-corrected chi connectivity index (χ1v) is 6.84. The Hall–Kier alpha value is -1.52. The molecule has 0 aromatic carbocycles. The zero-order valence-corrected chi connectivity index (χ0v) is 11.9. The van der Waals surface area contributed by atoms with Crippen LogP contribution in [0.4, 0.5) is 19.0 Å². The average molecular weight is 319 g/mol. The number of pyridine rings is 1. The Bertz CT molecular complexity index is 541. The Morgan fingerprint density at radius 1 is 1.48 bits per heavy atom. The number of aromatic nitrogens is 1. The number of anilines is 1. The van der Waals surface area contributed by atoms with Crippen molar-refractivity contribution in [1.82, 2.24) is 9.88 Å². The third-order valence-electron chi connectivity index (χ3n) is 3.27. The molecule has 1 unspecified atom stereocenters. The SMILES string of the molecule is N#Cc1cc(Cl)nc(NCC2CCN(CC(F)(F)F)C2)c1. The van der Waals surface area contributed by atoms with E-state index in [1.54, 1.807) is 6.07 Å². The summed E-state index contributed by atoms with van der Waals surface area (Å²) in [5.41, 5.74) is 0.391. The van der Waals surface area contributed by atoms with E-state index in [0.717, 1.165) is 0 Å². The fourth-order valence-electron chi connectivity index (χ4n) is 2.38. The number of likely N-dealkylation sites (tertiary alicyclic amines) is 1. The van der Waals surface area contributed by atoms with Crippen LogP contribution in [0.15, 0.2) is 12.1 Å². The molecule has 1 fully saturated rings.